The van der Waals surface area contributed by atoms with Crippen molar-refractivity contribution < 1.29 is 0 Å². The Labute approximate surface area is 195 Å². The molecule has 6 nitrogen and oxygen atoms in total. The minimum absolute atomic E-state index is 0.0913. The predicted octanol–water partition coefficient (Wildman–Crippen LogP) is 4.49. The van der Waals surface area contributed by atoms with Gasteiger partial charge in [-0.15, -0.1) is 5.10 Å². The van der Waals surface area contributed by atoms with E-state index >= 15 is 0 Å². The van der Waals surface area contributed by atoms with Crippen molar-refractivity contribution in [2.24, 2.45) is 0 Å². The van der Waals surface area contributed by atoms with Crippen LogP contribution in [-0.2, 0) is 19.6 Å². The van der Waals surface area contributed by atoms with Crippen LogP contribution in [-0.4, -0.2) is 30.2 Å². The Kier molecular flexibility index (Phi) is 4.74. The molecule has 0 fully saturated rings. The Balaban J connectivity index is 1.55. The summed E-state index contributed by atoms with van der Waals surface area (Å²) in [4.78, 5) is 15.9. The predicted molar refractivity (Wildman–Crippen MR) is 132 cm³/mol. The molecule has 0 saturated heterocycles. The average Bonchev–Trinajstić information content (AvgIpc) is 3.16. The van der Waals surface area contributed by atoms with Crippen LogP contribution < -0.4 is 5.56 Å². The highest BCUT2D eigenvalue weighted by Crippen LogP contribution is 2.22. The van der Waals surface area contributed by atoms with E-state index in [0.29, 0.717) is 22.6 Å². The fraction of sp³-hybridized carbons (Fsp3) is 0.192. The van der Waals surface area contributed by atoms with Gasteiger partial charge in [0.2, 0.25) is 10.5 Å². The summed E-state index contributed by atoms with van der Waals surface area (Å²) in [5, 5.41) is 5.51. The molecule has 0 aliphatic carbocycles. The normalized spacial score (nSPS) is 14.1. The molecule has 0 amide bonds. The molecule has 164 valence electrons. The average molecular weight is 454 g/mol. The third-order valence-corrected chi connectivity index (χ3v) is 6.89. The van der Waals surface area contributed by atoms with Gasteiger partial charge in [-0.05, 0) is 60.5 Å². The minimum atomic E-state index is -0.0913. The van der Waals surface area contributed by atoms with Gasteiger partial charge in [0.1, 0.15) is 0 Å². The molecule has 33 heavy (non-hydrogen) atoms. The summed E-state index contributed by atoms with van der Waals surface area (Å²) in [5.41, 5.74) is 5.27. The number of fused-ring (bicyclic) bond motifs is 4. The number of para-hydroxylation sites is 2. The molecule has 3 heterocycles. The molecule has 0 bridgehead atoms. The number of hydrogen-bond donors (Lipinski definition) is 0. The molecule has 3 aromatic carbocycles. The molecule has 5 aromatic rings. The van der Waals surface area contributed by atoms with E-state index in [9.17, 15) is 4.79 Å². The summed E-state index contributed by atoms with van der Waals surface area (Å²) in [7, 11) is 0. The van der Waals surface area contributed by atoms with Crippen LogP contribution >= 0.6 is 12.2 Å². The Morgan fingerprint density at radius 2 is 1.67 bits per heavy atom. The van der Waals surface area contributed by atoms with Crippen LogP contribution in [0.3, 0.4) is 0 Å². The maximum absolute atomic E-state index is 13.6. The first kappa shape index (κ1) is 20.1. The number of hydrogen-bond acceptors (Lipinski definition) is 4. The number of aromatic nitrogens is 4. The van der Waals surface area contributed by atoms with Crippen LogP contribution in [0.25, 0.3) is 22.4 Å². The van der Waals surface area contributed by atoms with Crippen LogP contribution in [0.5, 0.6) is 0 Å². The fourth-order valence-corrected chi connectivity index (χ4v) is 5.08. The lowest BCUT2D eigenvalue weighted by molar-refractivity contribution is 0.188. The van der Waals surface area contributed by atoms with Crippen molar-refractivity contribution in [3.8, 4) is 5.69 Å². The molecular formula is C26H23N5OS. The molecule has 0 atom stereocenters. The van der Waals surface area contributed by atoms with Crippen molar-refractivity contribution in [2.45, 2.75) is 26.6 Å². The highest BCUT2D eigenvalue weighted by molar-refractivity contribution is 7.71. The summed E-state index contributed by atoms with van der Waals surface area (Å²) in [6.07, 6.45) is 1.01. The van der Waals surface area contributed by atoms with Gasteiger partial charge in [0.25, 0.3) is 5.56 Å². The highest BCUT2D eigenvalue weighted by atomic mass is 32.1. The maximum atomic E-state index is 13.6. The second-order valence-electron chi connectivity index (χ2n) is 8.57. The van der Waals surface area contributed by atoms with E-state index in [4.69, 9.17) is 17.3 Å². The van der Waals surface area contributed by atoms with Crippen LogP contribution in [0, 0.1) is 11.7 Å². The molecule has 2 aromatic heterocycles. The van der Waals surface area contributed by atoms with Crippen LogP contribution in [0.2, 0.25) is 0 Å². The third kappa shape index (κ3) is 3.23. The lowest BCUT2D eigenvalue weighted by Gasteiger charge is -2.28. The molecule has 0 unspecified atom stereocenters. The Morgan fingerprint density at radius 3 is 2.52 bits per heavy atom. The van der Waals surface area contributed by atoms with E-state index in [1.54, 1.807) is 4.57 Å². The van der Waals surface area contributed by atoms with E-state index in [1.165, 1.54) is 11.1 Å². The van der Waals surface area contributed by atoms with Crippen molar-refractivity contribution in [1.29, 1.82) is 0 Å². The van der Waals surface area contributed by atoms with Crippen molar-refractivity contribution in [2.75, 3.05) is 6.54 Å². The van der Waals surface area contributed by atoms with Gasteiger partial charge >= 0.3 is 0 Å². The number of aryl methyl sites for hydroxylation is 1. The van der Waals surface area contributed by atoms with Crippen LogP contribution in [0.4, 0.5) is 0 Å². The smallest absolute Gasteiger partial charge is 0.267 e. The molecule has 0 spiro atoms. The third-order valence-electron chi connectivity index (χ3n) is 6.50. The molecule has 1 aliphatic heterocycles. The van der Waals surface area contributed by atoms with E-state index in [-0.39, 0.29) is 5.56 Å². The molecular weight excluding hydrogens is 430 g/mol. The molecule has 7 heteroatoms. The molecule has 0 radical (unpaired) electrons. The SMILES string of the molecule is Cc1ccccc1-n1c(=O)c2ccccc2n2c(=S)n(CN3CCc4ccccc4C3)nc12. The first-order valence-corrected chi connectivity index (χ1v) is 11.5. The monoisotopic (exact) mass is 453 g/mol. The second kappa shape index (κ2) is 7.79. The van der Waals surface area contributed by atoms with E-state index in [2.05, 4.69) is 29.2 Å². The van der Waals surface area contributed by atoms with Crippen molar-refractivity contribution in [3.63, 3.8) is 0 Å². The van der Waals surface area contributed by atoms with Crippen molar-refractivity contribution in [3.05, 3.63) is 105 Å². The van der Waals surface area contributed by atoms with E-state index in [0.717, 1.165) is 36.3 Å². The van der Waals surface area contributed by atoms with Gasteiger partial charge in [-0.2, -0.15) is 0 Å². The first-order valence-electron chi connectivity index (χ1n) is 11.1. The van der Waals surface area contributed by atoms with Crippen LogP contribution in [0.1, 0.15) is 16.7 Å². The van der Waals surface area contributed by atoms with Crippen LogP contribution in [0.15, 0.2) is 77.6 Å². The zero-order valence-corrected chi connectivity index (χ0v) is 19.1. The topological polar surface area (TPSA) is 47.5 Å². The van der Waals surface area contributed by atoms with Crippen molar-refractivity contribution >= 4 is 28.9 Å². The van der Waals surface area contributed by atoms with Gasteiger partial charge in [-0.3, -0.25) is 14.1 Å². The summed E-state index contributed by atoms with van der Waals surface area (Å²) < 4.78 is 6.05. The first-order chi connectivity index (χ1) is 16.1. The Bertz CT molecular complexity index is 1640. The molecule has 0 N–H and O–H groups in total. The lowest BCUT2D eigenvalue weighted by atomic mass is 10.0. The molecule has 0 saturated carbocycles. The summed E-state index contributed by atoms with van der Waals surface area (Å²) in [6, 6.07) is 24.1. The quantitative estimate of drug-likeness (QED) is 0.378. The van der Waals surface area contributed by atoms with E-state index in [1.807, 2.05) is 64.5 Å². The molecule has 6 rings (SSSR count). The van der Waals surface area contributed by atoms with Crippen molar-refractivity contribution in [1.82, 2.24) is 23.6 Å². The van der Waals surface area contributed by atoms with Gasteiger partial charge in [0.15, 0.2) is 0 Å². The highest BCUT2D eigenvalue weighted by Gasteiger charge is 2.20. The Hall–Kier alpha value is -3.55. The Morgan fingerprint density at radius 1 is 0.939 bits per heavy atom. The lowest BCUT2D eigenvalue weighted by Crippen LogP contribution is -2.32. The maximum Gasteiger partial charge on any atom is 0.267 e. The zero-order chi connectivity index (χ0) is 22.5. The summed E-state index contributed by atoms with van der Waals surface area (Å²) >= 11 is 5.91. The summed E-state index contributed by atoms with van der Waals surface area (Å²) in [5.74, 6) is 0.537. The number of rotatable bonds is 3. The molecule has 1 aliphatic rings. The van der Waals surface area contributed by atoms with Gasteiger partial charge < -0.3 is 0 Å². The summed E-state index contributed by atoms with van der Waals surface area (Å²) in [6.45, 7) is 4.38. The largest absolute Gasteiger partial charge is 0.280 e. The minimum Gasteiger partial charge on any atom is -0.280 e. The van der Waals surface area contributed by atoms with E-state index < -0.39 is 0 Å². The fourth-order valence-electron chi connectivity index (χ4n) is 4.80. The number of benzene rings is 3. The van der Waals surface area contributed by atoms with Gasteiger partial charge in [-0.25, -0.2) is 9.25 Å². The van der Waals surface area contributed by atoms with Gasteiger partial charge in [0.05, 0.1) is 23.3 Å². The van der Waals surface area contributed by atoms with Gasteiger partial charge in [0, 0.05) is 13.1 Å². The standard InChI is InChI=1S/C26H23N5OS/c1-18-8-2-6-12-22(18)30-24(32)21-11-5-7-13-23(21)31-25(30)27-29(26(31)33)17-28-15-14-19-9-3-4-10-20(19)16-28/h2-13H,14-17H2,1H3. The second-order valence-corrected chi connectivity index (χ2v) is 8.94. The number of nitrogens with zero attached hydrogens (tertiary/aromatic N) is 5. The zero-order valence-electron chi connectivity index (χ0n) is 18.3. The van der Waals surface area contributed by atoms with Gasteiger partial charge in [-0.1, -0.05) is 54.6 Å².